The number of carbonyl (C=O) groups is 2. The fraction of sp³-hybridized carbons (Fsp3) is 0.0714. The van der Waals surface area contributed by atoms with Gasteiger partial charge in [-0.05, 0) is 60.7 Å². The number of nitrogens with one attached hydrogen (secondary N) is 2. The van der Waals surface area contributed by atoms with Gasteiger partial charge < -0.3 is 20.1 Å². The Labute approximate surface area is 197 Å². The largest absolute Gasteiger partial charge is 0.497 e. The maximum atomic E-state index is 13.6. The topological polar surface area (TPSA) is 76.7 Å². The number of rotatable bonds is 6. The minimum atomic E-state index is -0.195. The van der Waals surface area contributed by atoms with Crippen LogP contribution in [0, 0.1) is 0 Å². The Bertz CT molecular complexity index is 1280. The molecule has 0 fully saturated rings. The van der Waals surface area contributed by atoms with E-state index in [1.54, 1.807) is 50.6 Å². The van der Waals surface area contributed by atoms with Crippen molar-refractivity contribution in [3.63, 3.8) is 0 Å². The van der Waals surface area contributed by atoms with Crippen LogP contribution in [0.5, 0.6) is 11.5 Å². The molecule has 1 aliphatic carbocycles. The highest BCUT2D eigenvalue weighted by molar-refractivity contribution is 6.32. The van der Waals surface area contributed by atoms with Crippen LogP contribution in [0.15, 0.2) is 84.9 Å². The second kappa shape index (κ2) is 8.75. The summed E-state index contributed by atoms with van der Waals surface area (Å²) in [7, 11) is 3.21. The third-order valence-corrected chi connectivity index (χ3v) is 5.81. The molecule has 4 aromatic rings. The van der Waals surface area contributed by atoms with E-state index >= 15 is 0 Å². The van der Waals surface area contributed by atoms with Crippen molar-refractivity contribution < 1.29 is 19.1 Å². The van der Waals surface area contributed by atoms with Gasteiger partial charge in [-0.1, -0.05) is 24.3 Å². The molecule has 0 aliphatic heterocycles. The van der Waals surface area contributed by atoms with Crippen molar-refractivity contribution in [3.8, 4) is 11.5 Å². The average Bonchev–Trinajstić information content (AvgIpc) is 2.88. The Balaban J connectivity index is 1.52. The maximum Gasteiger partial charge on any atom is 0.196 e. The molecule has 0 saturated carbocycles. The van der Waals surface area contributed by atoms with E-state index < -0.39 is 0 Å². The SMILES string of the molecule is COc1ccc(Nc2cccc3c2C(=O)c2cccc(Nc4ccc(OC)cc4)c2C3=O)cc1. The van der Waals surface area contributed by atoms with E-state index in [4.69, 9.17) is 9.47 Å². The minimum absolute atomic E-state index is 0.195. The van der Waals surface area contributed by atoms with Gasteiger partial charge in [0.05, 0.1) is 36.7 Å². The van der Waals surface area contributed by atoms with Gasteiger partial charge in [0, 0.05) is 22.5 Å². The van der Waals surface area contributed by atoms with E-state index in [9.17, 15) is 9.59 Å². The van der Waals surface area contributed by atoms with E-state index in [0.717, 1.165) is 22.9 Å². The third-order valence-electron chi connectivity index (χ3n) is 5.81. The van der Waals surface area contributed by atoms with Crippen LogP contribution in [0.4, 0.5) is 22.7 Å². The van der Waals surface area contributed by atoms with Crippen molar-refractivity contribution in [2.45, 2.75) is 0 Å². The minimum Gasteiger partial charge on any atom is -0.497 e. The standard InChI is InChI=1S/C28H22N2O4/c1-33-19-13-9-17(10-14-19)29-23-7-3-5-21-25(23)27(31)22-6-4-8-24(26(22)28(21)32)30-18-11-15-20(34-2)16-12-18/h3-16,29-30H,1-2H3. The Morgan fingerprint density at radius 1 is 0.529 bits per heavy atom. The first kappa shape index (κ1) is 21.3. The quantitative estimate of drug-likeness (QED) is 0.332. The lowest BCUT2D eigenvalue weighted by Crippen LogP contribution is -2.23. The number of carbonyl (C=O) groups excluding carboxylic acids is 2. The Kier molecular flexibility index (Phi) is 5.47. The second-order valence-electron chi connectivity index (χ2n) is 7.82. The van der Waals surface area contributed by atoms with E-state index in [1.807, 2.05) is 48.5 Å². The predicted octanol–water partition coefficient (Wildman–Crippen LogP) is 5.97. The van der Waals surface area contributed by atoms with Crippen LogP contribution in [0.2, 0.25) is 0 Å². The van der Waals surface area contributed by atoms with Gasteiger partial charge >= 0.3 is 0 Å². The summed E-state index contributed by atoms with van der Waals surface area (Å²) >= 11 is 0. The summed E-state index contributed by atoms with van der Waals surface area (Å²) in [6, 6.07) is 25.3. The van der Waals surface area contributed by atoms with Crippen molar-refractivity contribution in [1.82, 2.24) is 0 Å². The van der Waals surface area contributed by atoms with Gasteiger partial charge in [0.15, 0.2) is 11.6 Å². The molecule has 1 aliphatic rings. The summed E-state index contributed by atoms with van der Waals surface area (Å²) in [5.41, 5.74) is 4.24. The molecular formula is C28H22N2O4. The molecular weight excluding hydrogens is 428 g/mol. The molecule has 6 nitrogen and oxygen atoms in total. The molecule has 0 atom stereocenters. The maximum absolute atomic E-state index is 13.6. The highest BCUT2D eigenvalue weighted by Gasteiger charge is 2.33. The van der Waals surface area contributed by atoms with Crippen LogP contribution in [-0.2, 0) is 0 Å². The smallest absolute Gasteiger partial charge is 0.196 e. The summed E-state index contributed by atoms with van der Waals surface area (Å²) in [5.74, 6) is 1.08. The Morgan fingerprint density at radius 2 is 0.912 bits per heavy atom. The number of fused-ring (bicyclic) bond motifs is 2. The van der Waals surface area contributed by atoms with Crippen LogP contribution >= 0.6 is 0 Å². The number of hydrogen-bond donors (Lipinski definition) is 2. The number of methoxy groups -OCH3 is 2. The first-order valence-corrected chi connectivity index (χ1v) is 10.8. The summed E-state index contributed by atoms with van der Waals surface area (Å²) in [4.78, 5) is 27.2. The molecule has 168 valence electrons. The molecule has 0 aromatic heterocycles. The number of benzene rings is 4. The molecule has 0 unspecified atom stereocenters. The fourth-order valence-corrected chi connectivity index (χ4v) is 4.11. The zero-order chi connectivity index (χ0) is 23.7. The van der Waals surface area contributed by atoms with E-state index in [-0.39, 0.29) is 11.6 Å². The number of ketones is 2. The van der Waals surface area contributed by atoms with E-state index in [1.165, 1.54) is 0 Å². The van der Waals surface area contributed by atoms with Crippen LogP contribution in [0.25, 0.3) is 0 Å². The van der Waals surface area contributed by atoms with Crippen molar-refractivity contribution in [2.75, 3.05) is 24.9 Å². The van der Waals surface area contributed by atoms with Gasteiger partial charge in [0.25, 0.3) is 0 Å². The highest BCUT2D eigenvalue weighted by Crippen LogP contribution is 2.37. The summed E-state index contributed by atoms with van der Waals surface area (Å²) in [5, 5.41) is 6.55. The molecule has 0 saturated heterocycles. The number of anilines is 4. The van der Waals surface area contributed by atoms with Crippen LogP contribution in [0.3, 0.4) is 0 Å². The summed E-state index contributed by atoms with van der Waals surface area (Å²) in [6.07, 6.45) is 0. The molecule has 2 N–H and O–H groups in total. The molecule has 0 heterocycles. The van der Waals surface area contributed by atoms with Gasteiger partial charge in [0.1, 0.15) is 11.5 Å². The van der Waals surface area contributed by atoms with Crippen LogP contribution in [0.1, 0.15) is 31.8 Å². The predicted molar refractivity (Wildman–Crippen MR) is 132 cm³/mol. The molecule has 0 bridgehead atoms. The van der Waals surface area contributed by atoms with Crippen molar-refractivity contribution in [1.29, 1.82) is 0 Å². The number of hydrogen-bond acceptors (Lipinski definition) is 6. The summed E-state index contributed by atoms with van der Waals surface area (Å²) < 4.78 is 10.4. The second-order valence-corrected chi connectivity index (χ2v) is 7.82. The lowest BCUT2D eigenvalue weighted by Gasteiger charge is -2.23. The number of ether oxygens (including phenoxy) is 2. The molecule has 4 aromatic carbocycles. The normalized spacial score (nSPS) is 11.9. The Morgan fingerprint density at radius 3 is 1.26 bits per heavy atom. The fourth-order valence-electron chi connectivity index (χ4n) is 4.11. The van der Waals surface area contributed by atoms with Gasteiger partial charge in [-0.2, -0.15) is 0 Å². The van der Waals surface area contributed by atoms with E-state index in [0.29, 0.717) is 33.6 Å². The van der Waals surface area contributed by atoms with Gasteiger partial charge in [-0.3, -0.25) is 9.59 Å². The average molecular weight is 450 g/mol. The molecule has 6 heteroatoms. The van der Waals surface area contributed by atoms with Gasteiger partial charge in [-0.15, -0.1) is 0 Å². The summed E-state index contributed by atoms with van der Waals surface area (Å²) in [6.45, 7) is 0. The van der Waals surface area contributed by atoms with Crippen LogP contribution < -0.4 is 20.1 Å². The van der Waals surface area contributed by atoms with Crippen molar-refractivity contribution >= 4 is 34.3 Å². The molecule has 5 rings (SSSR count). The zero-order valence-corrected chi connectivity index (χ0v) is 18.7. The zero-order valence-electron chi connectivity index (χ0n) is 18.7. The molecule has 0 amide bonds. The van der Waals surface area contributed by atoms with Gasteiger partial charge in [-0.25, -0.2) is 0 Å². The first-order valence-electron chi connectivity index (χ1n) is 10.8. The monoisotopic (exact) mass is 450 g/mol. The third kappa shape index (κ3) is 3.75. The van der Waals surface area contributed by atoms with E-state index in [2.05, 4.69) is 10.6 Å². The molecule has 34 heavy (non-hydrogen) atoms. The van der Waals surface area contributed by atoms with Crippen molar-refractivity contribution in [3.05, 3.63) is 107 Å². The lowest BCUT2D eigenvalue weighted by molar-refractivity contribution is 0.0980. The lowest BCUT2D eigenvalue weighted by atomic mass is 9.82. The van der Waals surface area contributed by atoms with Crippen molar-refractivity contribution in [2.24, 2.45) is 0 Å². The Hall–Kier alpha value is -4.58. The molecule has 0 radical (unpaired) electrons. The molecule has 0 spiro atoms. The first-order chi connectivity index (χ1) is 16.6. The van der Waals surface area contributed by atoms with Gasteiger partial charge in [0.2, 0.25) is 0 Å². The highest BCUT2D eigenvalue weighted by atomic mass is 16.5. The van der Waals surface area contributed by atoms with Crippen LogP contribution in [-0.4, -0.2) is 25.8 Å².